The number of nitrogens with two attached hydrogens (primary N) is 2. The van der Waals surface area contributed by atoms with Crippen LogP contribution in [-0.2, 0) is 0 Å². The number of piperidine rings is 1. The van der Waals surface area contributed by atoms with Gasteiger partial charge in [0.05, 0.1) is 12.4 Å². The minimum atomic E-state index is 0.471. The monoisotopic (exact) mass is 895 g/mol. The van der Waals surface area contributed by atoms with Crippen molar-refractivity contribution in [3.05, 3.63) is 159 Å². The standard InChI is InChI=1S/C29H29N5.C28H28N6/c1-19-6-5-7-20(2)34(19)25-12-10-21(11-13-25)23-16-31-29-28(17-32-33(29)18-23)27-15-24(30)14-22-8-3-4-9-26(22)27;1-18-13-30-14-19(2)34(18)24-9-7-20(8-10-24)22-15-31-28-27(16-32-33(28)17-22)26-12-23(29)11-21-5-3-4-6-25(21)26/h3-4,8-20H,5-7,30H2,1-2H3;3-12,15-19,30H,13-14,29H2,1-2H3/t19-,20+;18-,19+. The van der Waals surface area contributed by atoms with Crippen molar-refractivity contribution < 1.29 is 0 Å². The SMILES string of the molecule is C[C@@H]1CCC[C@H](C)N1c1ccc(-c2cnc3c(-c4cc(N)cc5ccccc45)cnn3c2)cc1.C[C@@H]1CNC[C@H](C)N1c1ccc(-c2cnc3c(-c4cc(N)cc5ccccc45)cnn3c2)cc1. The molecule has 0 bridgehead atoms. The number of anilines is 4. The molecule has 12 rings (SSSR count). The molecule has 6 aromatic carbocycles. The van der Waals surface area contributed by atoms with Gasteiger partial charge in [0.2, 0.25) is 0 Å². The van der Waals surface area contributed by atoms with Crippen molar-refractivity contribution in [2.24, 2.45) is 0 Å². The molecule has 10 aromatic rings. The average molecular weight is 896 g/mol. The molecule has 0 amide bonds. The van der Waals surface area contributed by atoms with Crippen molar-refractivity contribution in [3.63, 3.8) is 0 Å². The fraction of sp³-hybridized carbons (Fsp3) is 0.228. The lowest BCUT2D eigenvalue weighted by Crippen LogP contribution is -2.55. The van der Waals surface area contributed by atoms with E-state index in [0.29, 0.717) is 24.2 Å². The molecule has 4 atom stereocenters. The van der Waals surface area contributed by atoms with Crippen LogP contribution in [0.2, 0.25) is 0 Å². The number of nitrogens with one attached hydrogen (secondary N) is 1. The molecule has 340 valence electrons. The van der Waals surface area contributed by atoms with Crippen LogP contribution in [0.1, 0.15) is 47.0 Å². The van der Waals surface area contributed by atoms with Gasteiger partial charge in [-0.15, -0.1) is 0 Å². The van der Waals surface area contributed by atoms with E-state index in [9.17, 15) is 0 Å². The fourth-order valence-corrected chi connectivity index (χ4v) is 10.8. The number of nitrogens with zero attached hydrogens (tertiary/aromatic N) is 8. The molecule has 0 saturated carbocycles. The van der Waals surface area contributed by atoms with Crippen molar-refractivity contribution in [1.82, 2.24) is 34.5 Å². The van der Waals surface area contributed by atoms with Gasteiger partial charge in [-0.3, -0.25) is 0 Å². The van der Waals surface area contributed by atoms with Gasteiger partial charge >= 0.3 is 0 Å². The van der Waals surface area contributed by atoms with Gasteiger partial charge in [-0.2, -0.15) is 10.2 Å². The van der Waals surface area contributed by atoms with E-state index in [1.807, 2.05) is 88.5 Å². The second-order valence-corrected chi connectivity index (χ2v) is 18.8. The Bertz CT molecular complexity index is 3180. The van der Waals surface area contributed by atoms with Gasteiger partial charge in [0.15, 0.2) is 11.3 Å². The van der Waals surface area contributed by atoms with Gasteiger partial charge in [0.1, 0.15) is 0 Å². The highest BCUT2D eigenvalue weighted by atomic mass is 15.3. The summed E-state index contributed by atoms with van der Waals surface area (Å²) < 4.78 is 3.72. The minimum absolute atomic E-state index is 0.471. The Morgan fingerprint density at radius 2 is 0.897 bits per heavy atom. The summed E-state index contributed by atoms with van der Waals surface area (Å²) in [4.78, 5) is 14.7. The molecular weight excluding hydrogens is 839 g/mol. The zero-order valence-electron chi connectivity index (χ0n) is 39.1. The number of hydrogen-bond acceptors (Lipinski definition) is 9. The Labute approximate surface area is 397 Å². The van der Waals surface area contributed by atoms with Crippen molar-refractivity contribution in [3.8, 4) is 44.5 Å². The summed E-state index contributed by atoms with van der Waals surface area (Å²) in [5, 5.41) is 17.3. The normalized spacial score (nSPS) is 18.6. The van der Waals surface area contributed by atoms with E-state index in [-0.39, 0.29) is 0 Å². The maximum atomic E-state index is 6.21. The predicted molar refractivity (Wildman–Crippen MR) is 281 cm³/mol. The van der Waals surface area contributed by atoms with Gasteiger partial charge in [-0.25, -0.2) is 19.0 Å². The number of rotatable bonds is 6. The lowest BCUT2D eigenvalue weighted by Gasteiger charge is -2.41. The highest BCUT2D eigenvalue weighted by Gasteiger charge is 2.26. The Morgan fingerprint density at radius 1 is 0.471 bits per heavy atom. The van der Waals surface area contributed by atoms with Crippen LogP contribution < -0.4 is 26.6 Å². The molecule has 0 unspecified atom stereocenters. The number of piperazine rings is 1. The topological polar surface area (TPSA) is 131 Å². The Morgan fingerprint density at radius 3 is 1.35 bits per heavy atom. The summed E-state index contributed by atoms with van der Waals surface area (Å²) >= 11 is 0. The second kappa shape index (κ2) is 17.8. The molecule has 0 aliphatic carbocycles. The zero-order valence-corrected chi connectivity index (χ0v) is 39.1. The van der Waals surface area contributed by atoms with Crippen molar-refractivity contribution in [2.45, 2.75) is 71.1 Å². The third-order valence-electron chi connectivity index (χ3n) is 14.1. The lowest BCUT2D eigenvalue weighted by molar-refractivity contribution is 0.414. The van der Waals surface area contributed by atoms with Crippen molar-refractivity contribution >= 4 is 55.6 Å². The van der Waals surface area contributed by atoms with Crippen LogP contribution in [0.25, 0.3) is 77.3 Å². The molecule has 2 saturated heterocycles. The highest BCUT2D eigenvalue weighted by molar-refractivity contribution is 6.03. The molecule has 5 N–H and O–H groups in total. The summed E-state index contributed by atoms with van der Waals surface area (Å²) in [5.74, 6) is 0. The molecule has 0 spiro atoms. The van der Waals surface area contributed by atoms with Gasteiger partial charge in [-0.05, 0) is 139 Å². The van der Waals surface area contributed by atoms with E-state index in [1.165, 1.54) is 30.6 Å². The quantitative estimate of drug-likeness (QED) is 0.140. The maximum Gasteiger partial charge on any atom is 0.162 e. The van der Waals surface area contributed by atoms with Crippen LogP contribution in [0.4, 0.5) is 22.7 Å². The lowest BCUT2D eigenvalue weighted by atomic mass is 9.96. The number of aromatic nitrogens is 6. The average Bonchev–Trinajstić information content (AvgIpc) is 3.98. The van der Waals surface area contributed by atoms with Crippen LogP contribution in [0.15, 0.2) is 159 Å². The number of fused-ring (bicyclic) bond motifs is 4. The van der Waals surface area contributed by atoms with Crippen LogP contribution in [0, 0.1) is 0 Å². The van der Waals surface area contributed by atoms with E-state index >= 15 is 0 Å². The third kappa shape index (κ3) is 8.02. The molecule has 2 aliphatic heterocycles. The Hall–Kier alpha value is -7.76. The van der Waals surface area contributed by atoms with E-state index in [4.69, 9.17) is 21.4 Å². The van der Waals surface area contributed by atoms with Gasteiger partial charge in [0, 0.05) is 107 Å². The molecule has 2 aliphatic rings. The first-order valence-corrected chi connectivity index (χ1v) is 23.9. The molecule has 0 radical (unpaired) electrons. The smallest absolute Gasteiger partial charge is 0.162 e. The Balaban J connectivity index is 0.000000149. The largest absolute Gasteiger partial charge is 0.399 e. The first-order valence-electron chi connectivity index (χ1n) is 23.9. The molecule has 11 heteroatoms. The summed E-state index contributed by atoms with van der Waals surface area (Å²) in [6, 6.07) is 44.3. The molecule has 68 heavy (non-hydrogen) atoms. The van der Waals surface area contributed by atoms with Crippen molar-refractivity contribution in [1.29, 1.82) is 0 Å². The molecule has 2 fully saturated rings. The van der Waals surface area contributed by atoms with Crippen molar-refractivity contribution in [2.75, 3.05) is 34.4 Å². The Kier molecular flexibility index (Phi) is 11.2. The number of nitrogen functional groups attached to an aromatic ring is 2. The number of benzene rings is 6. The van der Waals surface area contributed by atoms with Gasteiger partial charge < -0.3 is 26.6 Å². The summed E-state index contributed by atoms with van der Waals surface area (Å²) in [7, 11) is 0. The molecule has 4 aromatic heterocycles. The van der Waals surface area contributed by atoms with E-state index < -0.39 is 0 Å². The molecule has 11 nitrogen and oxygen atoms in total. The van der Waals surface area contributed by atoms with Crippen LogP contribution in [0.3, 0.4) is 0 Å². The van der Waals surface area contributed by atoms with E-state index in [0.717, 1.165) is 102 Å². The third-order valence-corrected chi connectivity index (χ3v) is 14.1. The van der Waals surface area contributed by atoms with E-state index in [2.05, 4.69) is 132 Å². The summed E-state index contributed by atoms with van der Waals surface area (Å²) in [5.41, 5.74) is 26.5. The summed E-state index contributed by atoms with van der Waals surface area (Å²) in [6.45, 7) is 11.2. The molecule has 6 heterocycles. The van der Waals surface area contributed by atoms with E-state index in [1.54, 1.807) is 0 Å². The first-order chi connectivity index (χ1) is 33.2. The predicted octanol–water partition coefficient (Wildman–Crippen LogP) is 11.6. The van der Waals surface area contributed by atoms with Gasteiger partial charge in [-0.1, -0.05) is 72.8 Å². The van der Waals surface area contributed by atoms with Crippen LogP contribution >= 0.6 is 0 Å². The minimum Gasteiger partial charge on any atom is -0.399 e. The second-order valence-electron chi connectivity index (χ2n) is 18.8. The maximum absolute atomic E-state index is 6.21. The molecular formula is C57H57N11. The van der Waals surface area contributed by atoms with Gasteiger partial charge in [0.25, 0.3) is 0 Å². The zero-order chi connectivity index (χ0) is 46.5. The fourth-order valence-electron chi connectivity index (χ4n) is 10.8. The van der Waals surface area contributed by atoms with Crippen LogP contribution in [0.5, 0.6) is 0 Å². The highest BCUT2D eigenvalue weighted by Crippen LogP contribution is 2.37. The number of hydrogen-bond donors (Lipinski definition) is 3. The summed E-state index contributed by atoms with van der Waals surface area (Å²) in [6.07, 6.45) is 15.6. The first kappa shape index (κ1) is 42.8. The van der Waals surface area contributed by atoms with Crippen LogP contribution in [-0.4, -0.2) is 66.5 Å².